The summed E-state index contributed by atoms with van der Waals surface area (Å²) in [5.74, 6) is 1.51. The zero-order valence-electron chi connectivity index (χ0n) is 15.4. The minimum atomic E-state index is -3.43. The van der Waals surface area contributed by atoms with Crippen molar-refractivity contribution in [3.8, 4) is 11.4 Å². The number of sulfonamides is 1. The monoisotopic (exact) mass is 416 g/mol. The topological polar surface area (TPSA) is 89.2 Å². The maximum Gasteiger partial charge on any atom is 0.244 e. The molecule has 3 aromatic rings. The molecule has 0 saturated carbocycles. The molecule has 28 heavy (non-hydrogen) atoms. The van der Waals surface area contributed by atoms with Crippen molar-refractivity contribution < 1.29 is 12.9 Å². The van der Waals surface area contributed by atoms with Gasteiger partial charge in [0.2, 0.25) is 21.7 Å². The summed E-state index contributed by atoms with van der Waals surface area (Å²) in [5.41, 5.74) is 2.07. The number of nitrogens with zero attached hydrogens (tertiary/aromatic N) is 4. The van der Waals surface area contributed by atoms with Gasteiger partial charge in [-0.25, -0.2) is 13.4 Å². The Bertz CT molecular complexity index is 1040. The second-order valence-electron chi connectivity index (χ2n) is 6.61. The summed E-state index contributed by atoms with van der Waals surface area (Å²) in [7, 11) is -3.43. The molecule has 1 saturated heterocycles. The Hall–Kier alpha value is -2.23. The van der Waals surface area contributed by atoms with Gasteiger partial charge in [0.25, 0.3) is 0 Å². The number of aryl methyl sites for hydroxylation is 1. The number of hydrogen-bond acceptors (Lipinski definition) is 7. The van der Waals surface area contributed by atoms with Crippen LogP contribution in [0.2, 0.25) is 0 Å². The van der Waals surface area contributed by atoms with Gasteiger partial charge in [0.1, 0.15) is 4.90 Å². The van der Waals surface area contributed by atoms with Crippen molar-refractivity contribution in [2.45, 2.75) is 35.4 Å². The second kappa shape index (κ2) is 8.02. The highest BCUT2D eigenvalue weighted by atomic mass is 32.2. The van der Waals surface area contributed by atoms with E-state index >= 15 is 0 Å². The third kappa shape index (κ3) is 4.11. The first-order chi connectivity index (χ1) is 13.5. The summed E-state index contributed by atoms with van der Waals surface area (Å²) in [5, 5.41) is 4.72. The largest absolute Gasteiger partial charge is 0.338 e. The van der Waals surface area contributed by atoms with Crippen molar-refractivity contribution in [2.24, 2.45) is 0 Å². The van der Waals surface area contributed by atoms with Crippen LogP contribution in [0.4, 0.5) is 0 Å². The van der Waals surface area contributed by atoms with Crippen LogP contribution in [0, 0.1) is 6.92 Å². The Kier molecular flexibility index (Phi) is 5.47. The fraction of sp³-hybridized carbons (Fsp3) is 0.316. The summed E-state index contributed by atoms with van der Waals surface area (Å²) in [6.45, 7) is 3.19. The normalized spacial score (nSPS) is 15.2. The van der Waals surface area contributed by atoms with Gasteiger partial charge >= 0.3 is 0 Å². The van der Waals surface area contributed by atoms with Gasteiger partial charge in [0.15, 0.2) is 0 Å². The van der Waals surface area contributed by atoms with Crippen molar-refractivity contribution in [3.05, 3.63) is 54.0 Å². The molecule has 0 N–H and O–H groups in total. The Morgan fingerprint density at radius 1 is 1.11 bits per heavy atom. The molecule has 0 unspecified atom stereocenters. The van der Waals surface area contributed by atoms with Crippen LogP contribution in [0.15, 0.2) is 57.0 Å². The van der Waals surface area contributed by atoms with E-state index in [2.05, 4.69) is 15.1 Å². The molecule has 146 valence electrons. The minimum absolute atomic E-state index is 0.234. The molecule has 0 amide bonds. The lowest BCUT2D eigenvalue weighted by Gasteiger charge is -2.15. The summed E-state index contributed by atoms with van der Waals surface area (Å²) >= 11 is 1.42. The lowest BCUT2D eigenvalue weighted by molar-refractivity contribution is 0.391. The van der Waals surface area contributed by atoms with E-state index in [0.29, 0.717) is 35.6 Å². The molecule has 4 rings (SSSR count). The van der Waals surface area contributed by atoms with E-state index in [1.807, 2.05) is 31.2 Å². The highest BCUT2D eigenvalue weighted by molar-refractivity contribution is 7.98. The summed E-state index contributed by atoms with van der Waals surface area (Å²) in [6.07, 6.45) is 3.24. The van der Waals surface area contributed by atoms with Crippen LogP contribution in [0.1, 0.15) is 24.3 Å². The average molecular weight is 417 g/mol. The highest BCUT2D eigenvalue weighted by Gasteiger charge is 2.27. The van der Waals surface area contributed by atoms with Crippen LogP contribution in [-0.4, -0.2) is 40.9 Å². The fourth-order valence-corrected chi connectivity index (χ4v) is 5.09. The van der Waals surface area contributed by atoms with E-state index in [4.69, 9.17) is 4.52 Å². The molecular weight excluding hydrogens is 396 g/mol. The van der Waals surface area contributed by atoms with E-state index in [1.165, 1.54) is 27.8 Å². The van der Waals surface area contributed by atoms with Gasteiger partial charge in [-0.3, -0.25) is 0 Å². The molecule has 1 aromatic carbocycles. The number of pyridine rings is 1. The summed E-state index contributed by atoms with van der Waals surface area (Å²) in [4.78, 5) is 8.91. The number of benzene rings is 1. The number of hydrogen-bond donors (Lipinski definition) is 0. The first-order valence-corrected chi connectivity index (χ1v) is 11.4. The smallest absolute Gasteiger partial charge is 0.244 e. The number of rotatable bonds is 6. The first-order valence-electron chi connectivity index (χ1n) is 9.01. The van der Waals surface area contributed by atoms with Crippen molar-refractivity contribution in [2.75, 3.05) is 13.1 Å². The zero-order valence-corrected chi connectivity index (χ0v) is 17.0. The number of thioether (sulfide) groups is 1. The average Bonchev–Trinajstić information content (AvgIpc) is 3.40. The Morgan fingerprint density at radius 2 is 1.86 bits per heavy atom. The second-order valence-corrected chi connectivity index (χ2v) is 9.54. The van der Waals surface area contributed by atoms with Gasteiger partial charge in [-0.2, -0.15) is 9.29 Å². The third-order valence-corrected chi connectivity index (χ3v) is 7.34. The van der Waals surface area contributed by atoms with E-state index in [9.17, 15) is 8.42 Å². The Morgan fingerprint density at radius 3 is 2.54 bits per heavy atom. The molecular formula is C19H20N4O3S2. The fourth-order valence-electron chi connectivity index (χ4n) is 2.95. The van der Waals surface area contributed by atoms with Crippen LogP contribution >= 0.6 is 11.8 Å². The van der Waals surface area contributed by atoms with Crippen LogP contribution in [-0.2, 0) is 15.8 Å². The predicted octanol–water partition coefficient (Wildman–Crippen LogP) is 3.52. The van der Waals surface area contributed by atoms with Crippen LogP contribution in [0.5, 0.6) is 0 Å². The molecule has 9 heteroatoms. The predicted molar refractivity (Wildman–Crippen MR) is 106 cm³/mol. The third-order valence-electron chi connectivity index (χ3n) is 4.53. The summed E-state index contributed by atoms with van der Waals surface area (Å²) < 4.78 is 31.9. The van der Waals surface area contributed by atoms with Gasteiger partial charge in [0, 0.05) is 24.8 Å². The van der Waals surface area contributed by atoms with E-state index in [0.717, 1.165) is 18.4 Å². The molecule has 7 nitrogen and oxygen atoms in total. The lowest BCUT2D eigenvalue weighted by Crippen LogP contribution is -2.27. The van der Waals surface area contributed by atoms with Gasteiger partial charge in [-0.05, 0) is 31.9 Å². The standard InChI is InChI=1S/C19H20N4O3S2/c1-14-4-6-15(7-5-14)19-21-17(26-22-19)13-27-18-9-8-16(12-20-18)28(24,25)23-10-2-3-11-23/h4-9,12H,2-3,10-11,13H2,1H3. The molecule has 0 atom stereocenters. The summed E-state index contributed by atoms with van der Waals surface area (Å²) in [6, 6.07) is 11.2. The van der Waals surface area contributed by atoms with E-state index in [-0.39, 0.29) is 4.90 Å². The van der Waals surface area contributed by atoms with E-state index < -0.39 is 10.0 Å². The van der Waals surface area contributed by atoms with E-state index in [1.54, 1.807) is 12.1 Å². The molecule has 1 fully saturated rings. The van der Waals surface area contributed by atoms with Crippen molar-refractivity contribution >= 4 is 21.8 Å². The molecule has 1 aliphatic heterocycles. The molecule has 0 bridgehead atoms. The molecule has 2 aromatic heterocycles. The van der Waals surface area contributed by atoms with Crippen molar-refractivity contribution in [1.29, 1.82) is 0 Å². The van der Waals surface area contributed by atoms with Gasteiger partial charge < -0.3 is 4.52 Å². The zero-order chi connectivity index (χ0) is 19.6. The molecule has 0 spiro atoms. The molecule has 0 radical (unpaired) electrons. The van der Waals surface area contributed by atoms with Crippen LogP contribution in [0.3, 0.4) is 0 Å². The van der Waals surface area contributed by atoms with Crippen molar-refractivity contribution in [1.82, 2.24) is 19.4 Å². The minimum Gasteiger partial charge on any atom is -0.338 e. The Balaban J connectivity index is 1.40. The van der Waals surface area contributed by atoms with Crippen molar-refractivity contribution in [3.63, 3.8) is 0 Å². The Labute approximate surface area is 168 Å². The van der Waals surface area contributed by atoms with Crippen LogP contribution < -0.4 is 0 Å². The van der Waals surface area contributed by atoms with Crippen LogP contribution in [0.25, 0.3) is 11.4 Å². The first kappa shape index (κ1) is 19.1. The lowest BCUT2D eigenvalue weighted by atomic mass is 10.1. The number of aromatic nitrogens is 3. The molecule has 0 aliphatic carbocycles. The maximum absolute atomic E-state index is 12.5. The van der Waals surface area contributed by atoms with Gasteiger partial charge in [-0.1, -0.05) is 46.7 Å². The quantitative estimate of drug-likeness (QED) is 0.568. The van der Waals surface area contributed by atoms with Gasteiger partial charge in [-0.15, -0.1) is 0 Å². The molecule has 3 heterocycles. The molecule has 1 aliphatic rings. The van der Waals surface area contributed by atoms with Gasteiger partial charge in [0.05, 0.1) is 10.8 Å². The highest BCUT2D eigenvalue weighted by Crippen LogP contribution is 2.25. The SMILES string of the molecule is Cc1ccc(-c2noc(CSc3ccc(S(=O)(=O)N4CCCC4)cn3)n2)cc1. The maximum atomic E-state index is 12.5.